The normalized spacial score (nSPS) is 24.1. The summed E-state index contributed by atoms with van der Waals surface area (Å²) >= 11 is 0. The van der Waals surface area contributed by atoms with Gasteiger partial charge in [0.05, 0.1) is 13.0 Å². The molecule has 5 heteroatoms. The second-order valence-corrected chi connectivity index (χ2v) is 5.65. The van der Waals surface area contributed by atoms with Crippen LogP contribution in [0.15, 0.2) is 24.3 Å². The molecule has 0 aliphatic carbocycles. The average Bonchev–Trinajstić information content (AvgIpc) is 3.02. The van der Waals surface area contributed by atoms with E-state index in [2.05, 4.69) is 5.32 Å². The second-order valence-electron chi connectivity index (χ2n) is 5.65. The Hall–Kier alpha value is -2.04. The Morgan fingerprint density at radius 2 is 2.14 bits per heavy atom. The smallest absolute Gasteiger partial charge is 0.328 e. The number of nitrogens with zero attached hydrogens (tertiary/aromatic N) is 1. The van der Waals surface area contributed by atoms with Gasteiger partial charge in [0.2, 0.25) is 5.91 Å². The van der Waals surface area contributed by atoms with Crippen LogP contribution in [0.5, 0.6) is 0 Å². The van der Waals surface area contributed by atoms with E-state index in [1.165, 1.54) is 7.11 Å². The highest BCUT2D eigenvalue weighted by Gasteiger charge is 2.38. The molecule has 0 radical (unpaired) electrons. The summed E-state index contributed by atoms with van der Waals surface area (Å²) in [5.41, 5.74) is 2.27. The standard InChI is InChI=1S/C16H20N2O3/c1-21-16(20)14-7-4-8-18(14)15(19)12-9-11-5-2-3-6-13(11)17-10-12/h2-3,5-6,12,14,17H,4,7-10H2,1H3. The molecule has 1 aromatic rings. The van der Waals surface area contributed by atoms with Crippen molar-refractivity contribution in [3.05, 3.63) is 29.8 Å². The molecule has 2 aliphatic rings. The zero-order chi connectivity index (χ0) is 14.8. The zero-order valence-electron chi connectivity index (χ0n) is 12.2. The van der Waals surface area contributed by atoms with E-state index in [0.717, 1.165) is 24.1 Å². The number of benzene rings is 1. The van der Waals surface area contributed by atoms with Crippen LogP contribution in [-0.2, 0) is 20.7 Å². The number of ether oxygens (including phenoxy) is 1. The summed E-state index contributed by atoms with van der Waals surface area (Å²) in [6.07, 6.45) is 2.30. The molecule has 0 saturated carbocycles. The fourth-order valence-corrected chi connectivity index (χ4v) is 3.26. The Kier molecular flexibility index (Phi) is 3.82. The Morgan fingerprint density at radius 1 is 1.33 bits per heavy atom. The molecule has 0 aromatic heterocycles. The molecule has 2 heterocycles. The number of hydrogen-bond donors (Lipinski definition) is 1. The van der Waals surface area contributed by atoms with Crippen molar-refractivity contribution >= 4 is 17.6 Å². The van der Waals surface area contributed by atoms with Gasteiger partial charge in [0.25, 0.3) is 0 Å². The molecular weight excluding hydrogens is 268 g/mol. The van der Waals surface area contributed by atoms with E-state index in [-0.39, 0.29) is 17.8 Å². The number of para-hydroxylation sites is 1. The van der Waals surface area contributed by atoms with Crippen molar-refractivity contribution in [3.8, 4) is 0 Å². The highest BCUT2D eigenvalue weighted by molar-refractivity contribution is 5.87. The topological polar surface area (TPSA) is 58.6 Å². The number of likely N-dealkylation sites (tertiary alicyclic amines) is 1. The van der Waals surface area contributed by atoms with Gasteiger partial charge in [0, 0.05) is 18.8 Å². The van der Waals surface area contributed by atoms with E-state index in [1.54, 1.807) is 4.90 Å². The number of fused-ring (bicyclic) bond motifs is 1. The third-order valence-electron chi connectivity index (χ3n) is 4.38. The molecular formula is C16H20N2O3. The van der Waals surface area contributed by atoms with Crippen molar-refractivity contribution in [1.29, 1.82) is 0 Å². The Bertz CT molecular complexity index is 558. The molecule has 1 fully saturated rings. The summed E-state index contributed by atoms with van der Waals surface area (Å²) < 4.78 is 4.81. The molecule has 5 nitrogen and oxygen atoms in total. The molecule has 1 aromatic carbocycles. The van der Waals surface area contributed by atoms with Crippen LogP contribution in [0.3, 0.4) is 0 Å². The first-order valence-electron chi connectivity index (χ1n) is 7.41. The Balaban J connectivity index is 1.73. The van der Waals surface area contributed by atoms with Gasteiger partial charge < -0.3 is 15.0 Å². The maximum atomic E-state index is 12.7. The summed E-state index contributed by atoms with van der Waals surface area (Å²) in [7, 11) is 1.38. The molecule has 1 saturated heterocycles. The van der Waals surface area contributed by atoms with Crippen molar-refractivity contribution in [2.75, 3.05) is 25.5 Å². The van der Waals surface area contributed by atoms with Gasteiger partial charge in [0.15, 0.2) is 0 Å². The number of esters is 1. The molecule has 2 aliphatic heterocycles. The first-order valence-corrected chi connectivity index (χ1v) is 7.41. The van der Waals surface area contributed by atoms with E-state index in [9.17, 15) is 9.59 Å². The monoisotopic (exact) mass is 288 g/mol. The maximum absolute atomic E-state index is 12.7. The number of rotatable bonds is 2. The van der Waals surface area contributed by atoms with Crippen molar-refractivity contribution in [3.63, 3.8) is 0 Å². The molecule has 112 valence electrons. The van der Waals surface area contributed by atoms with E-state index in [0.29, 0.717) is 19.5 Å². The number of anilines is 1. The molecule has 1 amide bonds. The number of carbonyl (C=O) groups is 2. The van der Waals surface area contributed by atoms with Gasteiger partial charge in [-0.2, -0.15) is 0 Å². The SMILES string of the molecule is COC(=O)C1CCCN1C(=O)C1CNc2ccccc2C1. The highest BCUT2D eigenvalue weighted by Crippen LogP contribution is 2.28. The fourth-order valence-electron chi connectivity index (χ4n) is 3.26. The highest BCUT2D eigenvalue weighted by atomic mass is 16.5. The van der Waals surface area contributed by atoms with Gasteiger partial charge in [-0.3, -0.25) is 4.79 Å². The summed E-state index contributed by atoms with van der Waals surface area (Å²) in [4.78, 5) is 26.2. The van der Waals surface area contributed by atoms with Crippen LogP contribution in [0.1, 0.15) is 18.4 Å². The number of hydrogen-bond acceptors (Lipinski definition) is 4. The summed E-state index contributed by atoms with van der Waals surface area (Å²) in [5, 5.41) is 3.31. The van der Waals surface area contributed by atoms with Gasteiger partial charge >= 0.3 is 5.97 Å². The molecule has 21 heavy (non-hydrogen) atoms. The van der Waals surface area contributed by atoms with Gasteiger partial charge in [0.1, 0.15) is 6.04 Å². The Morgan fingerprint density at radius 3 is 2.95 bits per heavy atom. The van der Waals surface area contributed by atoms with Crippen LogP contribution in [0.2, 0.25) is 0 Å². The van der Waals surface area contributed by atoms with Crippen molar-refractivity contribution in [2.24, 2.45) is 5.92 Å². The lowest BCUT2D eigenvalue weighted by atomic mass is 9.92. The number of nitrogens with one attached hydrogen (secondary N) is 1. The van der Waals surface area contributed by atoms with Gasteiger partial charge in [-0.25, -0.2) is 4.79 Å². The second kappa shape index (κ2) is 5.76. The molecule has 3 rings (SSSR count). The molecule has 0 bridgehead atoms. The minimum absolute atomic E-state index is 0.0601. The summed E-state index contributed by atoms with van der Waals surface area (Å²) in [5.74, 6) is -0.347. The predicted molar refractivity (Wildman–Crippen MR) is 78.9 cm³/mol. The number of methoxy groups -OCH3 is 1. The minimum atomic E-state index is -0.403. The van der Waals surface area contributed by atoms with E-state index >= 15 is 0 Å². The lowest BCUT2D eigenvalue weighted by Gasteiger charge is -2.31. The van der Waals surface area contributed by atoms with Crippen LogP contribution >= 0.6 is 0 Å². The van der Waals surface area contributed by atoms with Crippen LogP contribution < -0.4 is 5.32 Å². The Labute approximate surface area is 124 Å². The quantitative estimate of drug-likeness (QED) is 0.837. The largest absolute Gasteiger partial charge is 0.467 e. The fraction of sp³-hybridized carbons (Fsp3) is 0.500. The van der Waals surface area contributed by atoms with E-state index < -0.39 is 6.04 Å². The van der Waals surface area contributed by atoms with Crippen LogP contribution in [0.25, 0.3) is 0 Å². The molecule has 2 atom stereocenters. The van der Waals surface area contributed by atoms with E-state index in [4.69, 9.17) is 4.74 Å². The lowest BCUT2D eigenvalue weighted by molar-refractivity contribution is -0.152. The van der Waals surface area contributed by atoms with Crippen LogP contribution in [-0.4, -0.2) is 43.0 Å². The third-order valence-corrected chi connectivity index (χ3v) is 4.38. The zero-order valence-corrected chi connectivity index (χ0v) is 12.2. The van der Waals surface area contributed by atoms with Gasteiger partial charge in [-0.15, -0.1) is 0 Å². The predicted octanol–water partition coefficient (Wildman–Crippen LogP) is 1.43. The first kappa shape index (κ1) is 13.9. The average molecular weight is 288 g/mol. The number of carbonyl (C=O) groups excluding carboxylic acids is 2. The third kappa shape index (κ3) is 2.60. The number of amides is 1. The molecule has 2 unspecified atom stereocenters. The van der Waals surface area contributed by atoms with Crippen molar-refractivity contribution in [2.45, 2.75) is 25.3 Å². The molecule has 1 N–H and O–H groups in total. The van der Waals surface area contributed by atoms with Crippen molar-refractivity contribution in [1.82, 2.24) is 4.90 Å². The maximum Gasteiger partial charge on any atom is 0.328 e. The molecule has 0 spiro atoms. The first-order chi connectivity index (χ1) is 10.2. The van der Waals surface area contributed by atoms with Crippen molar-refractivity contribution < 1.29 is 14.3 Å². The van der Waals surface area contributed by atoms with Gasteiger partial charge in [-0.05, 0) is 30.9 Å². The summed E-state index contributed by atoms with van der Waals surface area (Å²) in [6.45, 7) is 1.27. The van der Waals surface area contributed by atoms with Crippen LogP contribution in [0.4, 0.5) is 5.69 Å². The van der Waals surface area contributed by atoms with Crippen LogP contribution in [0, 0.1) is 5.92 Å². The minimum Gasteiger partial charge on any atom is -0.467 e. The summed E-state index contributed by atoms with van der Waals surface area (Å²) in [6, 6.07) is 7.65. The van der Waals surface area contributed by atoms with E-state index in [1.807, 2.05) is 24.3 Å². The lowest BCUT2D eigenvalue weighted by Crippen LogP contribution is -2.46. The van der Waals surface area contributed by atoms with Gasteiger partial charge in [-0.1, -0.05) is 18.2 Å².